The number of aromatic amines is 1. The molecule has 0 saturated carbocycles. The predicted octanol–water partition coefficient (Wildman–Crippen LogP) is 0.866. The van der Waals surface area contributed by atoms with Crippen molar-refractivity contribution in [2.75, 3.05) is 12.0 Å². The van der Waals surface area contributed by atoms with Crippen molar-refractivity contribution in [1.29, 1.82) is 0 Å². The Balaban J connectivity index is 1.92. The van der Waals surface area contributed by atoms with Crippen molar-refractivity contribution in [3.8, 4) is 11.3 Å². The van der Waals surface area contributed by atoms with Gasteiger partial charge in [0.1, 0.15) is 21.8 Å². The molecule has 3 heterocycles. The summed E-state index contributed by atoms with van der Waals surface area (Å²) in [4.78, 5) is 11.4. The molecule has 0 saturated heterocycles. The lowest BCUT2D eigenvalue weighted by Crippen LogP contribution is -2.11. The van der Waals surface area contributed by atoms with Gasteiger partial charge >= 0.3 is 0 Å². The maximum absolute atomic E-state index is 11.2. The Morgan fingerprint density at radius 2 is 2.20 bits per heavy atom. The molecular weight excluding hydrogens is 278 g/mol. The Morgan fingerprint density at radius 1 is 1.35 bits per heavy atom. The second-order valence-electron chi connectivity index (χ2n) is 4.58. The van der Waals surface area contributed by atoms with Crippen LogP contribution in [0.2, 0.25) is 0 Å². The van der Waals surface area contributed by atoms with Crippen LogP contribution in [0, 0.1) is 0 Å². The van der Waals surface area contributed by atoms with Gasteiger partial charge in [0.2, 0.25) is 0 Å². The summed E-state index contributed by atoms with van der Waals surface area (Å²) in [6, 6.07) is 1.90. The highest BCUT2D eigenvalue weighted by atomic mass is 32.2. The molecule has 0 spiro atoms. The van der Waals surface area contributed by atoms with E-state index in [1.165, 1.54) is 12.6 Å². The molecule has 1 N–H and O–H groups in total. The monoisotopic (exact) mass is 291 g/mol. The first-order chi connectivity index (χ1) is 9.53. The third kappa shape index (κ3) is 2.55. The second kappa shape index (κ2) is 4.71. The van der Waals surface area contributed by atoms with Crippen LogP contribution in [0.15, 0.2) is 31.0 Å². The molecule has 0 amide bonds. The highest BCUT2D eigenvalue weighted by Crippen LogP contribution is 2.23. The normalized spacial score (nSPS) is 12.1. The number of H-pyrrole nitrogens is 1. The summed E-state index contributed by atoms with van der Waals surface area (Å²) >= 11 is 0. The summed E-state index contributed by atoms with van der Waals surface area (Å²) < 4.78 is 23.9. The maximum atomic E-state index is 11.2. The number of nitrogens with one attached hydrogen (secondary N) is 1. The van der Waals surface area contributed by atoms with E-state index in [-0.39, 0.29) is 5.75 Å². The molecule has 3 aromatic rings. The summed E-state index contributed by atoms with van der Waals surface area (Å²) in [6.07, 6.45) is 7.97. The van der Waals surface area contributed by atoms with E-state index >= 15 is 0 Å². The van der Waals surface area contributed by atoms with Crippen LogP contribution in [0.4, 0.5) is 0 Å². The Hall–Kier alpha value is -2.22. The maximum Gasteiger partial charge on any atom is 0.149 e. The molecule has 0 atom stereocenters. The van der Waals surface area contributed by atoms with Gasteiger partial charge in [-0.15, -0.1) is 0 Å². The zero-order valence-electron chi connectivity index (χ0n) is 10.8. The molecule has 0 radical (unpaired) electrons. The van der Waals surface area contributed by atoms with Crippen LogP contribution in [0.1, 0.15) is 0 Å². The first kappa shape index (κ1) is 12.8. The third-order valence-electron chi connectivity index (χ3n) is 2.95. The quantitative estimate of drug-likeness (QED) is 0.769. The average Bonchev–Trinajstić information content (AvgIpc) is 3.04. The van der Waals surface area contributed by atoms with Gasteiger partial charge in [-0.1, -0.05) is 0 Å². The molecule has 0 aliphatic carbocycles. The predicted molar refractivity (Wildman–Crippen MR) is 74.8 cm³/mol. The fourth-order valence-electron chi connectivity index (χ4n) is 1.97. The Morgan fingerprint density at radius 3 is 3.00 bits per heavy atom. The number of aryl methyl sites for hydroxylation is 1. The van der Waals surface area contributed by atoms with Crippen LogP contribution < -0.4 is 0 Å². The molecular formula is C12H13N5O2S. The average molecular weight is 291 g/mol. The largest absolute Gasteiger partial charge is 0.346 e. The number of nitrogens with zero attached hydrogens (tertiary/aromatic N) is 4. The molecule has 0 fully saturated rings. The fourth-order valence-corrected chi connectivity index (χ4v) is 2.49. The summed E-state index contributed by atoms with van der Waals surface area (Å²) in [6.45, 7) is 0.334. The number of sulfone groups is 1. The van der Waals surface area contributed by atoms with Crippen molar-refractivity contribution >= 4 is 20.9 Å². The van der Waals surface area contributed by atoms with Crippen molar-refractivity contribution in [3.63, 3.8) is 0 Å². The van der Waals surface area contributed by atoms with E-state index in [2.05, 4.69) is 20.1 Å². The van der Waals surface area contributed by atoms with E-state index in [0.717, 1.165) is 22.3 Å². The summed E-state index contributed by atoms with van der Waals surface area (Å²) in [5, 5.41) is 5.08. The van der Waals surface area contributed by atoms with E-state index in [0.29, 0.717) is 6.54 Å². The van der Waals surface area contributed by atoms with E-state index in [1.807, 2.05) is 6.07 Å². The lowest BCUT2D eigenvalue weighted by Gasteiger charge is -1.99. The highest BCUT2D eigenvalue weighted by Gasteiger charge is 2.10. The molecule has 0 unspecified atom stereocenters. The minimum Gasteiger partial charge on any atom is -0.346 e. The van der Waals surface area contributed by atoms with E-state index in [1.54, 1.807) is 23.3 Å². The molecule has 3 rings (SSSR count). The van der Waals surface area contributed by atoms with Crippen molar-refractivity contribution in [3.05, 3.63) is 31.0 Å². The lowest BCUT2D eigenvalue weighted by atomic mass is 10.2. The topological polar surface area (TPSA) is 93.5 Å². The SMILES string of the molecule is CS(=O)(=O)CCn1cc(-c2ncnc3[nH]ccc23)cn1. The zero-order chi connectivity index (χ0) is 14.2. The molecule has 0 bridgehead atoms. The van der Waals surface area contributed by atoms with Crippen LogP contribution in [0.5, 0.6) is 0 Å². The number of hydrogen-bond acceptors (Lipinski definition) is 5. The molecule has 8 heteroatoms. The van der Waals surface area contributed by atoms with Crippen molar-refractivity contribution < 1.29 is 8.42 Å². The minimum atomic E-state index is -2.99. The lowest BCUT2D eigenvalue weighted by molar-refractivity contribution is 0.586. The molecule has 0 aliphatic heterocycles. The summed E-state index contributed by atoms with van der Waals surface area (Å²) in [5.41, 5.74) is 2.38. The first-order valence-electron chi connectivity index (χ1n) is 6.01. The number of aromatic nitrogens is 5. The fraction of sp³-hybridized carbons (Fsp3) is 0.250. The van der Waals surface area contributed by atoms with Gasteiger partial charge in [-0.05, 0) is 6.07 Å². The molecule has 0 aliphatic rings. The van der Waals surface area contributed by atoms with Crippen LogP contribution in [0.3, 0.4) is 0 Å². The minimum absolute atomic E-state index is 0.0669. The molecule has 104 valence electrons. The molecule has 20 heavy (non-hydrogen) atoms. The highest BCUT2D eigenvalue weighted by molar-refractivity contribution is 7.90. The Kier molecular flexibility index (Phi) is 3.01. The first-order valence-corrected chi connectivity index (χ1v) is 8.08. The number of hydrogen-bond donors (Lipinski definition) is 1. The Bertz CT molecular complexity index is 849. The smallest absolute Gasteiger partial charge is 0.149 e. The van der Waals surface area contributed by atoms with E-state index in [9.17, 15) is 8.42 Å². The van der Waals surface area contributed by atoms with Crippen molar-refractivity contribution in [2.45, 2.75) is 6.54 Å². The number of rotatable bonds is 4. The summed E-state index contributed by atoms with van der Waals surface area (Å²) in [5.74, 6) is 0.0669. The van der Waals surface area contributed by atoms with Crippen LogP contribution in [-0.4, -0.2) is 45.2 Å². The zero-order valence-corrected chi connectivity index (χ0v) is 11.6. The van der Waals surface area contributed by atoms with Gasteiger partial charge in [-0.25, -0.2) is 18.4 Å². The van der Waals surface area contributed by atoms with Gasteiger partial charge in [0.25, 0.3) is 0 Å². The third-order valence-corrected chi connectivity index (χ3v) is 3.88. The van der Waals surface area contributed by atoms with Crippen molar-refractivity contribution in [2.24, 2.45) is 0 Å². The van der Waals surface area contributed by atoms with Gasteiger partial charge in [0.15, 0.2) is 0 Å². The van der Waals surface area contributed by atoms with Gasteiger partial charge < -0.3 is 4.98 Å². The molecule has 3 aromatic heterocycles. The van der Waals surface area contributed by atoms with E-state index in [4.69, 9.17) is 0 Å². The second-order valence-corrected chi connectivity index (χ2v) is 6.84. The van der Waals surface area contributed by atoms with Crippen LogP contribution in [0.25, 0.3) is 22.3 Å². The van der Waals surface area contributed by atoms with Gasteiger partial charge in [-0.2, -0.15) is 5.10 Å². The summed E-state index contributed by atoms with van der Waals surface area (Å²) in [7, 11) is -2.99. The van der Waals surface area contributed by atoms with Gasteiger partial charge in [0, 0.05) is 29.6 Å². The van der Waals surface area contributed by atoms with Gasteiger partial charge in [0.05, 0.1) is 24.2 Å². The van der Waals surface area contributed by atoms with Crippen LogP contribution in [-0.2, 0) is 16.4 Å². The standard InChI is InChI=1S/C12H13N5O2S/c1-20(18,19)5-4-17-7-9(6-16-17)11-10-2-3-13-12(10)15-8-14-11/h2-3,6-8H,4-5H2,1H3,(H,13,14,15). The Labute approximate surface area is 115 Å². The van der Waals surface area contributed by atoms with E-state index < -0.39 is 9.84 Å². The molecule has 7 nitrogen and oxygen atoms in total. The van der Waals surface area contributed by atoms with Gasteiger partial charge in [-0.3, -0.25) is 4.68 Å². The van der Waals surface area contributed by atoms with Crippen molar-refractivity contribution in [1.82, 2.24) is 24.7 Å². The molecule has 0 aromatic carbocycles. The number of fused-ring (bicyclic) bond motifs is 1. The van der Waals surface area contributed by atoms with Crippen LogP contribution >= 0.6 is 0 Å².